The van der Waals surface area contributed by atoms with E-state index in [1.54, 1.807) is 42.5 Å². The summed E-state index contributed by atoms with van der Waals surface area (Å²) in [5, 5.41) is 5.70. The van der Waals surface area contributed by atoms with Crippen molar-refractivity contribution in [3.8, 4) is 22.6 Å². The molecule has 0 saturated carbocycles. The Kier molecular flexibility index (Phi) is 8.46. The number of halogens is 1. The number of nitrogens with one attached hydrogen (secondary N) is 2. The molecule has 5 rings (SSSR count). The first-order chi connectivity index (χ1) is 20.0. The maximum absolute atomic E-state index is 13.4. The molecule has 1 amide bonds. The molecule has 0 aliphatic heterocycles. The lowest BCUT2D eigenvalue weighted by molar-refractivity contribution is 0.0728. The number of rotatable bonds is 9. The normalized spacial score (nSPS) is 11.1. The van der Waals surface area contributed by atoms with Gasteiger partial charge in [-0.15, -0.1) is 0 Å². The van der Waals surface area contributed by atoms with Gasteiger partial charge in [-0.3, -0.25) is 4.79 Å². The second-order valence-electron chi connectivity index (χ2n) is 9.17. The molecule has 0 fully saturated rings. The smallest absolute Gasteiger partial charge is 0.343 e. The Hall–Kier alpha value is -4.88. The van der Waals surface area contributed by atoms with E-state index in [0.29, 0.717) is 34.2 Å². The van der Waals surface area contributed by atoms with Crippen LogP contribution in [0.2, 0.25) is 5.02 Å². The highest BCUT2D eigenvalue weighted by Gasteiger charge is 2.20. The molecule has 0 spiro atoms. The Morgan fingerprint density at radius 2 is 1.71 bits per heavy atom. The summed E-state index contributed by atoms with van der Waals surface area (Å²) < 4.78 is 11.3. The first-order valence-electron chi connectivity index (χ1n) is 13.3. The minimum Gasteiger partial charge on any atom is -0.490 e. The minimum absolute atomic E-state index is 0.269. The molecule has 0 unspecified atom stereocenters. The van der Waals surface area contributed by atoms with E-state index in [1.807, 2.05) is 49.4 Å². The maximum Gasteiger partial charge on any atom is 0.343 e. The molecule has 8 heteroatoms. The number of carbonyl (C=O) groups is 2. The Morgan fingerprint density at radius 3 is 2.44 bits per heavy atom. The SMILES string of the molecule is CCOc1cc(C=NNC(=O)c2[nH]c3c(CC)cccc3c2-c2ccccc2)ccc1OC(=O)c1ccc(Cl)cc1. The van der Waals surface area contributed by atoms with Crippen LogP contribution in [0.3, 0.4) is 0 Å². The van der Waals surface area contributed by atoms with Crippen LogP contribution in [0.5, 0.6) is 11.5 Å². The molecule has 206 valence electrons. The summed E-state index contributed by atoms with van der Waals surface area (Å²) in [7, 11) is 0. The van der Waals surface area contributed by atoms with Crippen LogP contribution in [0.15, 0.2) is 96.1 Å². The van der Waals surface area contributed by atoms with E-state index >= 15 is 0 Å². The number of esters is 1. The van der Waals surface area contributed by atoms with Gasteiger partial charge in [-0.2, -0.15) is 5.10 Å². The lowest BCUT2D eigenvalue weighted by Gasteiger charge is -2.11. The summed E-state index contributed by atoms with van der Waals surface area (Å²) in [5.41, 5.74) is 7.92. The number of hydrogen-bond acceptors (Lipinski definition) is 5. The number of H-pyrrole nitrogens is 1. The second kappa shape index (κ2) is 12.5. The van der Waals surface area contributed by atoms with E-state index < -0.39 is 5.97 Å². The third-order valence-electron chi connectivity index (χ3n) is 6.52. The molecule has 0 radical (unpaired) electrons. The topological polar surface area (TPSA) is 92.8 Å². The first kappa shape index (κ1) is 27.7. The van der Waals surface area contributed by atoms with E-state index in [4.69, 9.17) is 21.1 Å². The Balaban J connectivity index is 1.37. The number of hydrazone groups is 1. The van der Waals surface area contributed by atoms with Crippen molar-refractivity contribution in [1.82, 2.24) is 10.4 Å². The third-order valence-corrected chi connectivity index (χ3v) is 6.77. The number of aromatic amines is 1. The van der Waals surface area contributed by atoms with Gasteiger partial charge in [-0.25, -0.2) is 10.2 Å². The van der Waals surface area contributed by atoms with Crippen LogP contribution in [-0.4, -0.2) is 29.7 Å². The number of nitrogens with zero attached hydrogens (tertiary/aromatic N) is 1. The number of benzene rings is 4. The summed E-state index contributed by atoms with van der Waals surface area (Å²) >= 11 is 5.91. The molecule has 0 aliphatic carbocycles. The third kappa shape index (κ3) is 6.15. The summed E-state index contributed by atoms with van der Waals surface area (Å²) in [6.45, 7) is 4.29. The number of fused-ring (bicyclic) bond motifs is 1. The average molecular weight is 566 g/mol. The van der Waals surface area contributed by atoms with Crippen molar-refractivity contribution in [2.24, 2.45) is 5.10 Å². The number of aromatic nitrogens is 1. The Labute approximate surface area is 242 Å². The fraction of sp³-hybridized carbons (Fsp3) is 0.121. The highest BCUT2D eigenvalue weighted by molar-refractivity contribution is 6.30. The van der Waals surface area contributed by atoms with Crippen LogP contribution in [-0.2, 0) is 6.42 Å². The molecule has 2 N–H and O–H groups in total. The van der Waals surface area contributed by atoms with Crippen LogP contribution >= 0.6 is 11.6 Å². The number of amides is 1. The van der Waals surface area contributed by atoms with E-state index in [1.165, 1.54) is 6.21 Å². The lowest BCUT2D eigenvalue weighted by atomic mass is 10.00. The van der Waals surface area contributed by atoms with Gasteiger partial charge in [0.15, 0.2) is 11.5 Å². The fourth-order valence-electron chi connectivity index (χ4n) is 4.57. The van der Waals surface area contributed by atoms with Crippen molar-refractivity contribution in [3.63, 3.8) is 0 Å². The summed E-state index contributed by atoms with van der Waals surface area (Å²) in [6, 6.07) is 27.3. The molecular weight excluding hydrogens is 538 g/mol. The van der Waals surface area contributed by atoms with Crippen LogP contribution in [0.25, 0.3) is 22.0 Å². The quantitative estimate of drug-likeness (QED) is 0.0841. The molecule has 0 bridgehead atoms. The summed E-state index contributed by atoms with van der Waals surface area (Å²) in [5.74, 6) is -0.253. The monoisotopic (exact) mass is 565 g/mol. The second-order valence-corrected chi connectivity index (χ2v) is 9.61. The van der Waals surface area contributed by atoms with Crippen molar-refractivity contribution in [2.75, 3.05) is 6.61 Å². The van der Waals surface area contributed by atoms with Gasteiger partial charge in [0.2, 0.25) is 0 Å². The summed E-state index contributed by atoms with van der Waals surface area (Å²) in [4.78, 5) is 29.3. The van der Waals surface area contributed by atoms with E-state index in [0.717, 1.165) is 34.0 Å². The van der Waals surface area contributed by atoms with Crippen LogP contribution < -0.4 is 14.9 Å². The van der Waals surface area contributed by atoms with Gasteiger partial charge in [0, 0.05) is 21.5 Å². The highest BCUT2D eigenvalue weighted by atomic mass is 35.5. The average Bonchev–Trinajstić information content (AvgIpc) is 3.39. The standard InChI is InChI=1S/C33H28ClN3O4/c1-3-22-11-8-12-26-29(23-9-6-5-7-10-23)31(36-30(22)26)32(38)37-35-20-21-13-18-27(28(19-21)40-4-2)41-33(39)24-14-16-25(34)17-15-24/h5-20,36H,3-4H2,1-2H3,(H,37,38). The van der Waals surface area contributed by atoms with Crippen LogP contribution in [0.4, 0.5) is 0 Å². The largest absolute Gasteiger partial charge is 0.490 e. The molecule has 7 nitrogen and oxygen atoms in total. The molecule has 1 heterocycles. The van der Waals surface area contributed by atoms with Gasteiger partial charge >= 0.3 is 5.97 Å². The highest BCUT2D eigenvalue weighted by Crippen LogP contribution is 2.34. The van der Waals surface area contributed by atoms with Gasteiger partial charge in [0.1, 0.15) is 5.69 Å². The zero-order valence-corrected chi connectivity index (χ0v) is 23.4. The van der Waals surface area contributed by atoms with Gasteiger partial charge in [-0.05, 0) is 72.5 Å². The zero-order valence-electron chi connectivity index (χ0n) is 22.6. The zero-order chi connectivity index (χ0) is 28.8. The minimum atomic E-state index is -0.532. The van der Waals surface area contributed by atoms with E-state index in [-0.39, 0.29) is 11.7 Å². The molecule has 0 atom stereocenters. The Bertz CT molecular complexity index is 1730. The van der Waals surface area contributed by atoms with Crippen molar-refractivity contribution >= 4 is 40.6 Å². The Morgan fingerprint density at radius 1 is 0.927 bits per heavy atom. The lowest BCUT2D eigenvalue weighted by Crippen LogP contribution is -2.19. The molecule has 0 aliphatic rings. The number of para-hydroxylation sites is 1. The number of hydrogen-bond donors (Lipinski definition) is 2. The summed E-state index contributed by atoms with van der Waals surface area (Å²) in [6.07, 6.45) is 2.34. The van der Waals surface area contributed by atoms with Gasteiger partial charge in [-0.1, -0.05) is 67.1 Å². The van der Waals surface area contributed by atoms with Crippen molar-refractivity contribution < 1.29 is 19.1 Å². The van der Waals surface area contributed by atoms with Crippen molar-refractivity contribution in [3.05, 3.63) is 118 Å². The number of aryl methyl sites for hydroxylation is 1. The fourth-order valence-corrected chi connectivity index (χ4v) is 4.70. The van der Waals surface area contributed by atoms with E-state index in [9.17, 15) is 9.59 Å². The van der Waals surface area contributed by atoms with Crippen molar-refractivity contribution in [2.45, 2.75) is 20.3 Å². The molecule has 41 heavy (non-hydrogen) atoms. The predicted molar refractivity (Wildman–Crippen MR) is 162 cm³/mol. The van der Waals surface area contributed by atoms with Gasteiger partial charge < -0.3 is 14.5 Å². The molecule has 1 aromatic heterocycles. The molecular formula is C33H28ClN3O4. The number of ether oxygens (including phenoxy) is 2. The van der Waals surface area contributed by atoms with Gasteiger partial charge in [0.05, 0.1) is 18.4 Å². The molecule has 5 aromatic rings. The van der Waals surface area contributed by atoms with Gasteiger partial charge in [0.25, 0.3) is 5.91 Å². The van der Waals surface area contributed by atoms with E-state index in [2.05, 4.69) is 28.5 Å². The van der Waals surface area contributed by atoms with Crippen LogP contribution in [0, 0.1) is 0 Å². The number of carbonyl (C=O) groups excluding carboxylic acids is 2. The molecule has 4 aromatic carbocycles. The maximum atomic E-state index is 13.4. The van der Waals surface area contributed by atoms with Crippen LogP contribution in [0.1, 0.15) is 45.8 Å². The predicted octanol–water partition coefficient (Wildman–Crippen LogP) is 7.43. The van der Waals surface area contributed by atoms with Crippen molar-refractivity contribution in [1.29, 1.82) is 0 Å². The first-order valence-corrected chi connectivity index (χ1v) is 13.6. The molecule has 0 saturated heterocycles.